The number of hydrogen-bond donors (Lipinski definition) is 3. The molecule has 0 spiro atoms. The van der Waals surface area contributed by atoms with E-state index in [2.05, 4.69) is 10.3 Å². The second-order valence-corrected chi connectivity index (χ2v) is 8.60. The molecule has 1 heterocycles. The lowest BCUT2D eigenvalue weighted by Crippen LogP contribution is -2.37. The van der Waals surface area contributed by atoms with Gasteiger partial charge in [-0.2, -0.15) is 0 Å². The molecule has 1 aromatic rings. The number of alkyl carbamates (subject to hydrolysis) is 1. The van der Waals surface area contributed by atoms with Crippen LogP contribution in [0.1, 0.15) is 62.9 Å². The van der Waals surface area contributed by atoms with E-state index in [9.17, 15) is 19.5 Å². The minimum atomic E-state index is -1.06. The molecule has 0 aromatic heterocycles. The Morgan fingerprint density at radius 3 is 2.59 bits per heavy atom. The standard InChI is InChI=1S/C23H32N4O5/c1-5-10-27(11-6-9-25-22(31)32-23(2,3)4)20(28)17-12-15-7-8-16(21(29)30)13-18(15)26-19(24)14-17/h7-8,12-13H,5-6,9-11,14H2,1-4H3,(H2,24,26)(H,25,31)(H,29,30). The van der Waals surface area contributed by atoms with Crippen molar-refractivity contribution in [2.24, 2.45) is 10.7 Å². The van der Waals surface area contributed by atoms with Crippen LogP contribution in [0.5, 0.6) is 0 Å². The average Bonchev–Trinajstić information content (AvgIpc) is 2.85. The fraction of sp³-hybridized carbons (Fsp3) is 0.478. The van der Waals surface area contributed by atoms with Crippen molar-refractivity contribution in [1.29, 1.82) is 0 Å². The number of rotatable bonds is 8. The van der Waals surface area contributed by atoms with Crippen molar-refractivity contribution in [2.45, 2.75) is 52.6 Å². The SMILES string of the molecule is CCCN(CCCNC(=O)OC(C)(C)C)C(=O)C1=Cc2ccc(C(=O)O)cc2N=C(N)C1. The highest BCUT2D eigenvalue weighted by Crippen LogP contribution is 2.28. The number of amides is 2. The third-order valence-electron chi connectivity index (χ3n) is 4.57. The Bertz CT molecular complexity index is 931. The van der Waals surface area contributed by atoms with E-state index in [1.807, 2.05) is 6.92 Å². The highest BCUT2D eigenvalue weighted by Gasteiger charge is 2.22. The van der Waals surface area contributed by atoms with Crippen LogP contribution in [0.3, 0.4) is 0 Å². The first kappa shape index (κ1) is 24.9. The van der Waals surface area contributed by atoms with Crippen LogP contribution in [0, 0.1) is 0 Å². The van der Waals surface area contributed by atoms with E-state index < -0.39 is 17.7 Å². The van der Waals surface area contributed by atoms with Crippen molar-refractivity contribution in [1.82, 2.24) is 10.2 Å². The first-order valence-corrected chi connectivity index (χ1v) is 10.7. The molecule has 0 fully saturated rings. The second kappa shape index (κ2) is 10.8. The lowest BCUT2D eigenvalue weighted by molar-refractivity contribution is -0.127. The van der Waals surface area contributed by atoms with Crippen molar-refractivity contribution in [2.75, 3.05) is 19.6 Å². The summed E-state index contributed by atoms with van der Waals surface area (Å²) in [6.07, 6.45) is 2.75. The Hall–Kier alpha value is -3.36. The van der Waals surface area contributed by atoms with E-state index in [0.717, 1.165) is 6.42 Å². The molecule has 32 heavy (non-hydrogen) atoms. The molecule has 9 nitrogen and oxygen atoms in total. The fourth-order valence-electron chi connectivity index (χ4n) is 3.22. The number of benzene rings is 1. The van der Waals surface area contributed by atoms with Gasteiger partial charge in [-0.05, 0) is 51.8 Å². The minimum absolute atomic E-state index is 0.105. The van der Waals surface area contributed by atoms with Crippen LogP contribution in [0.4, 0.5) is 10.5 Å². The lowest BCUT2D eigenvalue weighted by atomic mass is 10.0. The number of aromatic carboxylic acids is 1. The van der Waals surface area contributed by atoms with Gasteiger partial charge in [-0.3, -0.25) is 4.79 Å². The minimum Gasteiger partial charge on any atom is -0.478 e. The van der Waals surface area contributed by atoms with E-state index in [1.54, 1.807) is 37.8 Å². The van der Waals surface area contributed by atoms with E-state index in [4.69, 9.17) is 10.5 Å². The van der Waals surface area contributed by atoms with Crippen LogP contribution >= 0.6 is 0 Å². The Kier molecular flexibility index (Phi) is 8.40. The number of nitrogens with two attached hydrogens (primary N) is 1. The molecule has 0 saturated heterocycles. The predicted molar refractivity (Wildman–Crippen MR) is 123 cm³/mol. The van der Waals surface area contributed by atoms with Gasteiger partial charge < -0.3 is 25.8 Å². The summed E-state index contributed by atoms with van der Waals surface area (Å²) in [5.74, 6) is -0.966. The maximum Gasteiger partial charge on any atom is 0.407 e. The van der Waals surface area contributed by atoms with Crippen molar-refractivity contribution in [3.63, 3.8) is 0 Å². The third-order valence-corrected chi connectivity index (χ3v) is 4.57. The molecular weight excluding hydrogens is 412 g/mol. The summed E-state index contributed by atoms with van der Waals surface area (Å²) in [7, 11) is 0. The molecule has 9 heteroatoms. The number of nitrogens with one attached hydrogen (secondary N) is 1. The number of carbonyl (C=O) groups excluding carboxylic acids is 2. The smallest absolute Gasteiger partial charge is 0.407 e. The molecule has 2 rings (SSSR count). The molecule has 0 atom stereocenters. The third kappa shape index (κ3) is 7.40. The molecule has 2 amide bonds. The number of nitrogens with zero attached hydrogens (tertiary/aromatic N) is 2. The summed E-state index contributed by atoms with van der Waals surface area (Å²) in [5.41, 5.74) is 7.10. The zero-order valence-electron chi connectivity index (χ0n) is 19.1. The monoisotopic (exact) mass is 444 g/mol. The van der Waals surface area contributed by atoms with Crippen LogP contribution < -0.4 is 11.1 Å². The van der Waals surface area contributed by atoms with Crippen LogP contribution in [-0.2, 0) is 9.53 Å². The van der Waals surface area contributed by atoms with Crippen LogP contribution in [-0.4, -0.2) is 59.0 Å². The average molecular weight is 445 g/mol. The number of ether oxygens (including phenoxy) is 1. The van der Waals surface area contributed by atoms with Gasteiger partial charge in [-0.25, -0.2) is 14.6 Å². The Balaban J connectivity index is 2.09. The predicted octanol–water partition coefficient (Wildman–Crippen LogP) is 3.31. The maximum absolute atomic E-state index is 13.2. The molecule has 1 aliphatic rings. The van der Waals surface area contributed by atoms with Crippen molar-refractivity contribution < 1.29 is 24.2 Å². The fourth-order valence-corrected chi connectivity index (χ4v) is 3.22. The van der Waals surface area contributed by atoms with Crippen LogP contribution in [0.2, 0.25) is 0 Å². The number of carboxylic acids is 1. The van der Waals surface area contributed by atoms with Gasteiger partial charge in [0, 0.05) is 37.2 Å². The molecular formula is C23H32N4O5. The molecule has 1 aromatic carbocycles. The van der Waals surface area contributed by atoms with Gasteiger partial charge in [0.15, 0.2) is 0 Å². The molecule has 4 N–H and O–H groups in total. The van der Waals surface area contributed by atoms with Crippen molar-refractivity contribution >= 4 is 35.6 Å². The summed E-state index contributed by atoms with van der Waals surface area (Å²) in [5, 5.41) is 11.9. The molecule has 174 valence electrons. The Morgan fingerprint density at radius 1 is 1.25 bits per heavy atom. The van der Waals surface area contributed by atoms with Gasteiger partial charge in [0.25, 0.3) is 0 Å². The van der Waals surface area contributed by atoms with Crippen molar-refractivity contribution in [3.05, 3.63) is 34.9 Å². The van der Waals surface area contributed by atoms with E-state index >= 15 is 0 Å². The molecule has 0 bridgehead atoms. The second-order valence-electron chi connectivity index (χ2n) is 8.60. The molecule has 0 saturated carbocycles. The van der Waals surface area contributed by atoms with Crippen LogP contribution in [0.25, 0.3) is 6.08 Å². The van der Waals surface area contributed by atoms with E-state index in [-0.39, 0.29) is 23.7 Å². The van der Waals surface area contributed by atoms with Gasteiger partial charge in [0.2, 0.25) is 5.91 Å². The zero-order chi connectivity index (χ0) is 23.9. The summed E-state index contributed by atoms with van der Waals surface area (Å²) >= 11 is 0. The zero-order valence-corrected chi connectivity index (χ0v) is 19.1. The molecule has 0 radical (unpaired) electrons. The number of hydrogen-bond acceptors (Lipinski definition) is 6. The van der Waals surface area contributed by atoms with Gasteiger partial charge in [-0.1, -0.05) is 13.0 Å². The van der Waals surface area contributed by atoms with E-state index in [1.165, 1.54) is 12.1 Å². The van der Waals surface area contributed by atoms with Gasteiger partial charge in [0.1, 0.15) is 11.4 Å². The quantitative estimate of drug-likeness (QED) is 0.527. The highest BCUT2D eigenvalue weighted by atomic mass is 16.6. The van der Waals surface area contributed by atoms with E-state index in [0.29, 0.717) is 42.9 Å². The Labute approximate surface area is 188 Å². The summed E-state index contributed by atoms with van der Waals surface area (Å²) < 4.78 is 5.21. The number of amidine groups is 1. The normalized spacial score (nSPS) is 13.2. The van der Waals surface area contributed by atoms with Gasteiger partial charge in [-0.15, -0.1) is 0 Å². The molecule has 0 unspecified atom stereocenters. The Morgan fingerprint density at radius 2 is 1.97 bits per heavy atom. The van der Waals surface area contributed by atoms with Gasteiger partial charge in [0.05, 0.1) is 11.3 Å². The lowest BCUT2D eigenvalue weighted by Gasteiger charge is -2.24. The number of aliphatic imine (C=N–C) groups is 1. The number of carbonyl (C=O) groups is 3. The molecule has 1 aliphatic heterocycles. The topological polar surface area (TPSA) is 134 Å². The summed E-state index contributed by atoms with van der Waals surface area (Å²) in [4.78, 5) is 42.3. The van der Waals surface area contributed by atoms with Crippen LogP contribution in [0.15, 0.2) is 28.8 Å². The van der Waals surface area contributed by atoms with Gasteiger partial charge >= 0.3 is 12.1 Å². The first-order chi connectivity index (χ1) is 15.0. The molecule has 0 aliphatic carbocycles. The van der Waals surface area contributed by atoms with Crippen molar-refractivity contribution in [3.8, 4) is 0 Å². The summed E-state index contributed by atoms with van der Waals surface area (Å²) in [6, 6.07) is 4.55. The number of fused-ring (bicyclic) bond motifs is 1. The highest BCUT2D eigenvalue weighted by molar-refractivity contribution is 6.05. The number of carboxylic acid groups (broad SMARTS) is 1. The first-order valence-electron chi connectivity index (χ1n) is 10.7. The summed E-state index contributed by atoms with van der Waals surface area (Å²) in [6.45, 7) is 8.77. The largest absolute Gasteiger partial charge is 0.478 e. The maximum atomic E-state index is 13.2.